The Balaban J connectivity index is 2.52. The minimum atomic E-state index is -0.0597. The third-order valence-corrected chi connectivity index (χ3v) is 4.36. The van der Waals surface area contributed by atoms with Crippen LogP contribution < -0.4 is 0 Å². The van der Waals surface area contributed by atoms with Crippen molar-refractivity contribution in [1.29, 1.82) is 0 Å². The summed E-state index contributed by atoms with van der Waals surface area (Å²) in [4.78, 5) is 30.7. The number of para-hydroxylation sites is 1. The summed E-state index contributed by atoms with van der Waals surface area (Å²) in [5.41, 5.74) is 2.04. The minimum absolute atomic E-state index is 0.0290. The Morgan fingerprint density at radius 2 is 2.00 bits per heavy atom. The van der Waals surface area contributed by atoms with E-state index in [0.29, 0.717) is 28.6 Å². The van der Waals surface area contributed by atoms with E-state index in [-0.39, 0.29) is 11.7 Å². The number of benzene rings is 1. The molecule has 1 aliphatic rings. The van der Waals surface area contributed by atoms with E-state index in [1.54, 1.807) is 4.90 Å². The van der Waals surface area contributed by atoms with Crippen molar-refractivity contribution >= 4 is 34.2 Å². The lowest BCUT2D eigenvalue weighted by Gasteiger charge is -2.22. The lowest BCUT2D eigenvalue weighted by molar-refractivity contribution is -0.126. The van der Waals surface area contributed by atoms with Gasteiger partial charge in [0.1, 0.15) is 5.04 Å². The predicted molar refractivity (Wildman–Crippen MR) is 91.4 cm³/mol. The fourth-order valence-electron chi connectivity index (χ4n) is 2.39. The van der Waals surface area contributed by atoms with E-state index in [4.69, 9.17) is 0 Å². The molecule has 0 spiro atoms. The third-order valence-electron chi connectivity index (χ3n) is 3.40. The molecule has 1 aliphatic heterocycles. The second kappa shape index (κ2) is 7.40. The van der Waals surface area contributed by atoms with Gasteiger partial charge in [0.2, 0.25) is 5.91 Å². The summed E-state index contributed by atoms with van der Waals surface area (Å²) < 4.78 is 0. The van der Waals surface area contributed by atoms with Crippen molar-refractivity contribution < 1.29 is 9.59 Å². The van der Waals surface area contributed by atoms with Gasteiger partial charge in [-0.2, -0.15) is 0 Å². The maximum Gasteiger partial charge on any atom is 0.237 e. The van der Waals surface area contributed by atoms with Gasteiger partial charge in [0.25, 0.3) is 0 Å². The van der Waals surface area contributed by atoms with E-state index in [1.807, 2.05) is 44.2 Å². The average molecular weight is 316 g/mol. The van der Waals surface area contributed by atoms with Crippen molar-refractivity contribution in [3.8, 4) is 0 Å². The van der Waals surface area contributed by atoms with Crippen molar-refractivity contribution in [2.45, 2.75) is 27.2 Å². The first-order valence-corrected chi connectivity index (χ1v) is 8.32. The fraction of sp³-hybridized carbons (Fsp3) is 0.353. The van der Waals surface area contributed by atoms with Crippen molar-refractivity contribution in [1.82, 2.24) is 4.90 Å². The molecule has 4 nitrogen and oxygen atoms in total. The van der Waals surface area contributed by atoms with E-state index in [9.17, 15) is 9.59 Å². The number of Topliss-reactive ketones (excluding diaryl/α,β-unsaturated/α-hetero) is 1. The van der Waals surface area contributed by atoms with Gasteiger partial charge >= 0.3 is 0 Å². The van der Waals surface area contributed by atoms with Gasteiger partial charge in [-0.1, -0.05) is 36.9 Å². The Kier molecular flexibility index (Phi) is 5.55. The van der Waals surface area contributed by atoms with E-state index < -0.39 is 0 Å². The molecule has 1 heterocycles. The van der Waals surface area contributed by atoms with Gasteiger partial charge < -0.3 is 4.90 Å². The summed E-state index contributed by atoms with van der Waals surface area (Å²) in [5, 5.41) is 0.628. The molecule has 0 N–H and O–H groups in total. The molecule has 0 aromatic heterocycles. The molecular formula is C17H20N2O2S. The summed E-state index contributed by atoms with van der Waals surface area (Å²) >= 11 is 1.34. The van der Waals surface area contributed by atoms with E-state index in [2.05, 4.69) is 4.99 Å². The van der Waals surface area contributed by atoms with Crippen LogP contribution in [0.1, 0.15) is 27.2 Å². The van der Waals surface area contributed by atoms with Crippen LogP contribution in [0.25, 0.3) is 0 Å². The summed E-state index contributed by atoms with van der Waals surface area (Å²) in [5.74, 6) is 0.275. The number of allylic oxidation sites excluding steroid dienone is 1. The Bertz CT molecular complexity index is 635. The highest BCUT2D eigenvalue weighted by molar-refractivity contribution is 8.15. The van der Waals surface area contributed by atoms with Crippen LogP contribution in [0.5, 0.6) is 0 Å². The third kappa shape index (κ3) is 3.65. The Morgan fingerprint density at radius 1 is 1.32 bits per heavy atom. The Morgan fingerprint density at radius 3 is 2.59 bits per heavy atom. The molecule has 0 radical (unpaired) electrons. The van der Waals surface area contributed by atoms with Gasteiger partial charge in [0.15, 0.2) is 5.78 Å². The first-order chi connectivity index (χ1) is 10.5. The molecule has 2 rings (SSSR count). The zero-order valence-corrected chi connectivity index (χ0v) is 13.9. The summed E-state index contributed by atoms with van der Waals surface area (Å²) in [7, 11) is 0. The highest BCUT2D eigenvalue weighted by atomic mass is 32.2. The fourth-order valence-corrected chi connectivity index (χ4v) is 3.41. The van der Waals surface area contributed by atoms with Gasteiger partial charge in [0, 0.05) is 12.2 Å². The van der Waals surface area contributed by atoms with Gasteiger partial charge in [-0.25, -0.2) is 4.99 Å². The number of carbonyl (C=O) groups is 2. The minimum Gasteiger partial charge on any atom is -0.315 e. The SMILES string of the molecule is CCCN1C(=O)CSC(=Nc2ccccc2)C(C(C)=O)=C1C. The summed E-state index contributed by atoms with van der Waals surface area (Å²) in [6, 6.07) is 9.50. The molecule has 0 fully saturated rings. The van der Waals surface area contributed by atoms with Crippen LogP contribution >= 0.6 is 11.8 Å². The number of aliphatic imine (C=N–C) groups is 1. The van der Waals surface area contributed by atoms with Crippen LogP contribution in [-0.2, 0) is 9.59 Å². The van der Waals surface area contributed by atoms with E-state index in [1.165, 1.54) is 18.7 Å². The molecule has 0 atom stereocenters. The number of rotatable bonds is 4. The Hall–Kier alpha value is -1.88. The molecule has 0 saturated heterocycles. The standard InChI is InChI=1S/C17H20N2O2S/c1-4-10-19-12(2)16(13(3)20)17(22-11-15(19)21)18-14-8-6-5-7-9-14/h5-9H,4,10-11H2,1-3H3. The van der Waals surface area contributed by atoms with Crippen LogP contribution in [0.3, 0.4) is 0 Å². The van der Waals surface area contributed by atoms with Crippen LogP contribution in [0, 0.1) is 0 Å². The van der Waals surface area contributed by atoms with Crippen molar-refractivity contribution in [2.24, 2.45) is 4.99 Å². The lowest BCUT2D eigenvalue weighted by Crippen LogP contribution is -2.31. The topological polar surface area (TPSA) is 49.7 Å². The predicted octanol–water partition coefficient (Wildman–Crippen LogP) is 3.57. The monoisotopic (exact) mass is 316 g/mol. The zero-order valence-electron chi connectivity index (χ0n) is 13.1. The number of hydrogen-bond acceptors (Lipinski definition) is 4. The first-order valence-electron chi connectivity index (χ1n) is 7.33. The van der Waals surface area contributed by atoms with E-state index in [0.717, 1.165) is 12.1 Å². The maximum absolute atomic E-state index is 12.3. The smallest absolute Gasteiger partial charge is 0.237 e. The van der Waals surface area contributed by atoms with Crippen LogP contribution in [0.15, 0.2) is 46.6 Å². The molecule has 0 unspecified atom stereocenters. The highest BCUT2D eigenvalue weighted by Gasteiger charge is 2.28. The number of ketones is 1. The normalized spacial score (nSPS) is 17.9. The molecule has 1 aromatic carbocycles. The number of thioether (sulfide) groups is 1. The molecule has 116 valence electrons. The molecule has 0 saturated carbocycles. The number of amides is 1. The van der Waals surface area contributed by atoms with Gasteiger partial charge in [-0.15, -0.1) is 0 Å². The highest BCUT2D eigenvalue weighted by Crippen LogP contribution is 2.27. The van der Waals surface area contributed by atoms with Crippen molar-refractivity contribution in [3.63, 3.8) is 0 Å². The van der Waals surface area contributed by atoms with Gasteiger partial charge in [0.05, 0.1) is 17.0 Å². The molecule has 22 heavy (non-hydrogen) atoms. The molecule has 0 aliphatic carbocycles. The largest absolute Gasteiger partial charge is 0.315 e. The molecule has 1 aromatic rings. The van der Waals surface area contributed by atoms with Crippen molar-refractivity contribution in [3.05, 3.63) is 41.6 Å². The molecular weight excluding hydrogens is 296 g/mol. The Labute approximate surface area is 135 Å². The number of hydrogen-bond donors (Lipinski definition) is 0. The molecule has 0 bridgehead atoms. The second-order valence-electron chi connectivity index (χ2n) is 5.10. The molecule has 1 amide bonds. The van der Waals surface area contributed by atoms with Gasteiger partial charge in [-0.05, 0) is 32.4 Å². The van der Waals surface area contributed by atoms with Gasteiger partial charge in [-0.3, -0.25) is 9.59 Å². The first kappa shape index (κ1) is 16.5. The van der Waals surface area contributed by atoms with Crippen LogP contribution in [0.4, 0.5) is 5.69 Å². The van der Waals surface area contributed by atoms with E-state index >= 15 is 0 Å². The maximum atomic E-state index is 12.3. The number of carbonyl (C=O) groups excluding carboxylic acids is 2. The molecule has 5 heteroatoms. The quantitative estimate of drug-likeness (QED) is 0.853. The zero-order chi connectivity index (χ0) is 16.1. The average Bonchev–Trinajstić information content (AvgIpc) is 2.60. The van der Waals surface area contributed by atoms with Crippen LogP contribution in [-0.4, -0.2) is 33.9 Å². The number of nitrogens with zero attached hydrogens (tertiary/aromatic N) is 2. The summed E-state index contributed by atoms with van der Waals surface area (Å²) in [6.07, 6.45) is 0.851. The summed E-state index contributed by atoms with van der Waals surface area (Å²) in [6.45, 7) is 6.00. The van der Waals surface area contributed by atoms with Crippen molar-refractivity contribution in [2.75, 3.05) is 12.3 Å². The second-order valence-corrected chi connectivity index (χ2v) is 6.07. The lowest BCUT2D eigenvalue weighted by atomic mass is 10.1. The van der Waals surface area contributed by atoms with Crippen LogP contribution in [0.2, 0.25) is 0 Å².